The number of carbonyl (C=O) groups excluding carboxylic acids is 1. The molecule has 0 aliphatic rings. The molecule has 7 nitrogen and oxygen atoms in total. The van der Waals surface area contributed by atoms with Crippen molar-refractivity contribution in [2.75, 3.05) is 6.26 Å². The topological polar surface area (TPSA) is 133 Å². The third kappa shape index (κ3) is 6.37. The lowest BCUT2D eigenvalue weighted by molar-refractivity contribution is 0.0980. The Morgan fingerprint density at radius 2 is 2.05 bits per heavy atom. The van der Waals surface area contributed by atoms with Crippen LogP contribution in [0.3, 0.4) is 0 Å². The Morgan fingerprint density at radius 3 is 2.52 bits per heavy atom. The molecule has 0 saturated heterocycles. The zero-order chi connectivity index (χ0) is 16.2. The van der Waals surface area contributed by atoms with Crippen LogP contribution >= 0.6 is 33.9 Å². The van der Waals surface area contributed by atoms with Gasteiger partial charge in [-0.15, -0.1) is 11.3 Å². The van der Waals surface area contributed by atoms with E-state index in [1.165, 1.54) is 11.3 Å². The van der Waals surface area contributed by atoms with E-state index in [1.54, 1.807) is 0 Å². The maximum atomic E-state index is 11.6. The van der Waals surface area contributed by atoms with Gasteiger partial charge in [-0.25, -0.2) is 0 Å². The van der Waals surface area contributed by atoms with Crippen molar-refractivity contribution < 1.29 is 17.8 Å². The van der Waals surface area contributed by atoms with Crippen molar-refractivity contribution in [2.45, 2.75) is 0 Å². The summed E-state index contributed by atoms with van der Waals surface area (Å²) in [5.74, 6) is -0.665. The van der Waals surface area contributed by atoms with Gasteiger partial charge in [0, 0.05) is 13.7 Å². The molecule has 0 bridgehead atoms. The van der Waals surface area contributed by atoms with Gasteiger partial charge in [-0.3, -0.25) is 20.1 Å². The van der Waals surface area contributed by atoms with E-state index in [9.17, 15) is 13.2 Å². The summed E-state index contributed by atoms with van der Waals surface area (Å²) in [6, 6.07) is 7.72. The number of fused-ring (bicyclic) bond motifs is 1. The van der Waals surface area contributed by atoms with Gasteiger partial charge in [-0.1, -0.05) is 6.07 Å². The first kappa shape index (κ1) is 17.8. The molecule has 1 aromatic heterocycles. The van der Waals surface area contributed by atoms with Gasteiger partial charge < -0.3 is 5.73 Å². The molecule has 10 heteroatoms. The predicted octanol–water partition coefficient (Wildman–Crippen LogP) is 1.63. The van der Waals surface area contributed by atoms with Crippen LogP contribution in [0.15, 0.2) is 24.3 Å². The maximum Gasteiger partial charge on any atom is 0.268 e. The number of rotatable bonds is 1. The van der Waals surface area contributed by atoms with Crippen molar-refractivity contribution in [1.29, 1.82) is 5.41 Å². The number of thiophene rings is 1. The second kappa shape index (κ2) is 7.15. The molecule has 1 heterocycles. The molecule has 0 atom stereocenters. The minimum atomic E-state index is -3.67. The lowest BCUT2D eigenvalue weighted by atomic mass is 10.2. The van der Waals surface area contributed by atoms with Gasteiger partial charge in [0.2, 0.25) is 0 Å². The highest BCUT2D eigenvalue weighted by molar-refractivity contribution is 14.1. The van der Waals surface area contributed by atoms with Crippen LogP contribution in [0.2, 0.25) is 0 Å². The zero-order valence-corrected chi connectivity index (χ0v) is 14.5. The molecule has 0 aliphatic heterocycles. The van der Waals surface area contributed by atoms with Gasteiger partial charge >= 0.3 is 0 Å². The second-order valence-corrected chi connectivity index (χ2v) is 7.58. The smallest absolute Gasteiger partial charge is 0.268 e. The Balaban J connectivity index is 0.000000383. The SMILES string of the molecule is CS(=O)(=O)O.N=C(N)NC(=O)c1cc2c(I)cccc2s1. The van der Waals surface area contributed by atoms with E-state index in [1.807, 2.05) is 24.3 Å². The van der Waals surface area contributed by atoms with Crippen LogP contribution < -0.4 is 11.1 Å². The molecule has 21 heavy (non-hydrogen) atoms. The van der Waals surface area contributed by atoms with E-state index in [2.05, 4.69) is 27.9 Å². The van der Waals surface area contributed by atoms with E-state index < -0.39 is 10.1 Å². The predicted molar refractivity (Wildman–Crippen MR) is 91.4 cm³/mol. The van der Waals surface area contributed by atoms with Gasteiger partial charge in [0.15, 0.2) is 5.96 Å². The van der Waals surface area contributed by atoms with Crippen molar-refractivity contribution >= 4 is 66.0 Å². The summed E-state index contributed by atoms with van der Waals surface area (Å²) in [4.78, 5) is 12.2. The van der Waals surface area contributed by atoms with Gasteiger partial charge in [-0.05, 0) is 40.8 Å². The van der Waals surface area contributed by atoms with Crippen LogP contribution in [0.1, 0.15) is 9.67 Å². The fourth-order valence-corrected chi connectivity index (χ4v) is 3.14. The summed E-state index contributed by atoms with van der Waals surface area (Å²) in [7, 11) is -3.67. The quantitative estimate of drug-likeness (QED) is 0.231. The summed E-state index contributed by atoms with van der Waals surface area (Å²) in [6.07, 6.45) is 0.715. The van der Waals surface area contributed by atoms with Crippen LogP contribution in [-0.2, 0) is 10.1 Å². The van der Waals surface area contributed by atoms with Crippen LogP contribution in [-0.4, -0.2) is 31.1 Å². The second-order valence-electron chi connectivity index (χ2n) is 3.86. The molecule has 2 rings (SSSR count). The van der Waals surface area contributed by atoms with E-state index in [0.29, 0.717) is 11.1 Å². The summed E-state index contributed by atoms with van der Waals surface area (Å²) in [5, 5.41) is 10.3. The van der Waals surface area contributed by atoms with Crippen LogP contribution in [0.25, 0.3) is 10.1 Å². The largest absolute Gasteiger partial charge is 0.370 e. The van der Waals surface area contributed by atoms with Gasteiger partial charge in [0.25, 0.3) is 16.0 Å². The summed E-state index contributed by atoms with van der Waals surface area (Å²) < 4.78 is 28.0. The van der Waals surface area contributed by atoms with Crippen LogP contribution in [0, 0.1) is 8.98 Å². The minimum Gasteiger partial charge on any atom is -0.370 e. The van der Waals surface area contributed by atoms with Crippen molar-refractivity contribution in [3.05, 3.63) is 32.7 Å². The van der Waals surface area contributed by atoms with Crippen LogP contribution in [0.4, 0.5) is 0 Å². The van der Waals surface area contributed by atoms with E-state index >= 15 is 0 Å². The molecule has 0 spiro atoms. The number of guanidine groups is 1. The summed E-state index contributed by atoms with van der Waals surface area (Å²) >= 11 is 3.62. The van der Waals surface area contributed by atoms with Crippen molar-refractivity contribution in [2.24, 2.45) is 5.73 Å². The summed E-state index contributed by atoms with van der Waals surface area (Å²) in [6.45, 7) is 0. The lowest BCUT2D eigenvalue weighted by Gasteiger charge is -1.97. The fraction of sp³-hybridized carbons (Fsp3) is 0.0909. The first-order valence-corrected chi connectivity index (χ1v) is 9.08. The van der Waals surface area contributed by atoms with E-state index in [4.69, 9.17) is 15.7 Å². The Kier molecular flexibility index (Phi) is 6.07. The number of amides is 1. The average Bonchev–Trinajstić information content (AvgIpc) is 2.71. The maximum absolute atomic E-state index is 11.6. The normalized spacial score (nSPS) is 10.6. The number of benzene rings is 1. The monoisotopic (exact) mass is 441 g/mol. The third-order valence-electron chi connectivity index (χ3n) is 1.98. The highest BCUT2D eigenvalue weighted by Crippen LogP contribution is 2.29. The first-order valence-electron chi connectivity index (χ1n) is 5.34. The molecule has 2 aromatic rings. The Hall–Kier alpha value is -1.24. The molecule has 0 fully saturated rings. The molecule has 0 unspecified atom stereocenters. The zero-order valence-electron chi connectivity index (χ0n) is 10.8. The summed E-state index contributed by atoms with van der Waals surface area (Å²) in [5.41, 5.74) is 5.11. The molecule has 1 amide bonds. The number of hydrogen-bond donors (Lipinski definition) is 4. The number of hydrogen-bond acceptors (Lipinski definition) is 5. The minimum absolute atomic E-state index is 0.329. The highest BCUT2D eigenvalue weighted by atomic mass is 127. The molecule has 5 N–H and O–H groups in total. The van der Waals surface area contributed by atoms with E-state index in [0.717, 1.165) is 13.7 Å². The van der Waals surface area contributed by atoms with Crippen molar-refractivity contribution in [3.63, 3.8) is 0 Å². The van der Waals surface area contributed by atoms with Crippen molar-refractivity contribution in [1.82, 2.24) is 5.32 Å². The molecule has 114 valence electrons. The third-order valence-corrected chi connectivity index (χ3v) is 4.02. The molecular formula is C11H12IN3O4S2. The highest BCUT2D eigenvalue weighted by Gasteiger charge is 2.11. The Bertz CT molecular complexity index is 778. The average molecular weight is 441 g/mol. The van der Waals surface area contributed by atoms with Gasteiger partial charge in [-0.2, -0.15) is 8.42 Å². The fourth-order valence-electron chi connectivity index (χ4n) is 1.32. The number of nitrogens with two attached hydrogens (primary N) is 1. The molecular weight excluding hydrogens is 429 g/mol. The Morgan fingerprint density at radius 1 is 1.48 bits per heavy atom. The lowest BCUT2D eigenvalue weighted by Crippen LogP contribution is -2.35. The van der Waals surface area contributed by atoms with E-state index in [-0.39, 0.29) is 11.9 Å². The standard InChI is InChI=1S/C10H8IN3OS.CH4O3S/c11-6-2-1-3-7-5(6)4-8(16-7)9(15)14-10(12)13;1-5(2,3)4/h1-4H,(H4,12,13,14,15);1H3,(H,2,3,4). The van der Waals surface area contributed by atoms with Gasteiger partial charge in [0.05, 0.1) is 11.1 Å². The first-order chi connectivity index (χ1) is 9.58. The Labute approximate surface area is 138 Å². The number of halogens is 1. The molecule has 0 radical (unpaired) electrons. The molecule has 1 aromatic carbocycles. The number of carbonyl (C=O) groups is 1. The molecule has 0 saturated carbocycles. The van der Waals surface area contributed by atoms with Gasteiger partial charge in [0.1, 0.15) is 0 Å². The number of nitrogens with one attached hydrogen (secondary N) is 2. The van der Waals surface area contributed by atoms with Crippen molar-refractivity contribution in [3.8, 4) is 0 Å². The van der Waals surface area contributed by atoms with Crippen LogP contribution in [0.5, 0.6) is 0 Å². The molecule has 0 aliphatic carbocycles.